The van der Waals surface area contributed by atoms with E-state index >= 15 is 0 Å². The van der Waals surface area contributed by atoms with Crippen LogP contribution in [0.25, 0.3) is 11.3 Å². The molecule has 5 nitrogen and oxygen atoms in total. The number of likely N-dealkylation sites (tertiary alicyclic amines) is 1. The van der Waals surface area contributed by atoms with E-state index in [9.17, 15) is 17.6 Å². The molecule has 0 spiro atoms. The molecule has 0 unspecified atom stereocenters. The number of aliphatic carboxylic acids is 1. The van der Waals surface area contributed by atoms with Gasteiger partial charge in [0, 0.05) is 41.2 Å². The van der Waals surface area contributed by atoms with Gasteiger partial charge in [-0.05, 0) is 54.3 Å². The van der Waals surface area contributed by atoms with Gasteiger partial charge in [-0.15, -0.1) is 0 Å². The zero-order chi connectivity index (χ0) is 27.4. The van der Waals surface area contributed by atoms with Gasteiger partial charge in [0.25, 0.3) is 0 Å². The summed E-state index contributed by atoms with van der Waals surface area (Å²) in [6.07, 6.45) is -4.04. The Morgan fingerprint density at radius 3 is 2.22 bits per heavy atom. The highest BCUT2D eigenvalue weighted by Crippen LogP contribution is 2.40. The average molecular weight is 540 g/mol. The molecule has 1 aliphatic rings. The monoisotopic (exact) mass is 539 g/mol. The molecule has 0 saturated carbocycles. The van der Waals surface area contributed by atoms with Crippen molar-refractivity contribution in [2.75, 3.05) is 19.6 Å². The highest BCUT2D eigenvalue weighted by molar-refractivity contribution is 6.30. The number of carbonyl (C=O) groups is 1. The number of alkyl halides is 3. The minimum atomic E-state index is -5.08. The van der Waals surface area contributed by atoms with Crippen molar-refractivity contribution >= 4 is 17.6 Å². The predicted molar refractivity (Wildman–Crippen MR) is 135 cm³/mol. The number of hydrogen-bond acceptors (Lipinski definition) is 3. The summed E-state index contributed by atoms with van der Waals surface area (Å²) in [6.45, 7) is 9.89. The van der Waals surface area contributed by atoms with Gasteiger partial charge >= 0.3 is 12.1 Å². The molecule has 2 aromatic carbocycles. The topological polar surface area (TPSA) is 69.2 Å². The fourth-order valence-corrected chi connectivity index (χ4v) is 4.67. The minimum Gasteiger partial charge on any atom is -0.475 e. The molecule has 0 radical (unpaired) electrons. The molecule has 200 valence electrons. The zero-order valence-electron chi connectivity index (χ0n) is 20.8. The van der Waals surface area contributed by atoms with Crippen LogP contribution in [0.1, 0.15) is 50.3 Å². The van der Waals surface area contributed by atoms with Gasteiger partial charge < -0.3 is 10.0 Å². The first kappa shape index (κ1) is 28.7. The van der Waals surface area contributed by atoms with Crippen LogP contribution in [0.3, 0.4) is 0 Å². The molecule has 2 N–H and O–H groups in total. The summed E-state index contributed by atoms with van der Waals surface area (Å²) in [6, 6.07) is 16.9. The van der Waals surface area contributed by atoms with Gasteiger partial charge in [-0.25, -0.2) is 9.18 Å². The first-order valence-electron chi connectivity index (χ1n) is 11.8. The number of rotatable bonds is 4. The van der Waals surface area contributed by atoms with Crippen LogP contribution in [0.15, 0.2) is 54.6 Å². The van der Waals surface area contributed by atoms with Crippen molar-refractivity contribution < 1.29 is 27.5 Å². The number of benzene rings is 2. The Bertz CT molecular complexity index is 1170. The molecule has 0 amide bonds. The van der Waals surface area contributed by atoms with E-state index in [1.165, 1.54) is 5.56 Å². The highest BCUT2D eigenvalue weighted by Gasteiger charge is 2.38. The van der Waals surface area contributed by atoms with Gasteiger partial charge in [0.15, 0.2) is 0 Å². The van der Waals surface area contributed by atoms with Crippen LogP contribution >= 0.6 is 11.6 Å². The lowest BCUT2D eigenvalue weighted by Crippen LogP contribution is -2.42. The average Bonchev–Trinajstić information content (AvgIpc) is 3.29. The van der Waals surface area contributed by atoms with Crippen LogP contribution in [0, 0.1) is 11.2 Å². The molecule has 2 heterocycles. The van der Waals surface area contributed by atoms with Crippen molar-refractivity contribution in [2.45, 2.75) is 45.2 Å². The Morgan fingerprint density at radius 1 is 1.08 bits per heavy atom. The van der Waals surface area contributed by atoms with E-state index < -0.39 is 12.1 Å². The third-order valence-electron chi connectivity index (χ3n) is 6.07. The molecule has 0 aliphatic carbocycles. The van der Waals surface area contributed by atoms with E-state index in [1.807, 2.05) is 36.4 Å². The standard InChI is InChI=1S/C25H29ClFN3.C2HF3O2/c1-25(2,3)16-30-13-12-21(22(15-30)17-6-10-20(27)11-7-17)24-14-23(28-29-24)18-4-8-19(26)9-5-18;3-2(4,5)1(6)7/h4-11,14,21-22H,12-13,15-16H2,1-3H3,(H,28,29);(H,6,7)/t21-,22+;/m1./s1. The number of nitrogens with one attached hydrogen (secondary N) is 1. The summed E-state index contributed by atoms with van der Waals surface area (Å²) < 4.78 is 45.3. The number of aromatic nitrogens is 2. The van der Waals surface area contributed by atoms with Gasteiger partial charge in [0.2, 0.25) is 0 Å². The second-order valence-electron chi connectivity index (χ2n) is 10.4. The van der Waals surface area contributed by atoms with Crippen LogP contribution < -0.4 is 0 Å². The summed E-state index contributed by atoms with van der Waals surface area (Å²) in [7, 11) is 0. The van der Waals surface area contributed by atoms with Crippen LogP contribution in [0.4, 0.5) is 17.6 Å². The summed E-state index contributed by atoms with van der Waals surface area (Å²) >= 11 is 6.02. The first-order valence-corrected chi connectivity index (χ1v) is 12.2. The lowest BCUT2D eigenvalue weighted by atomic mass is 9.78. The molecule has 3 aromatic rings. The number of H-pyrrole nitrogens is 1. The van der Waals surface area contributed by atoms with Gasteiger partial charge in [-0.3, -0.25) is 5.10 Å². The van der Waals surface area contributed by atoms with E-state index in [0.717, 1.165) is 48.0 Å². The highest BCUT2D eigenvalue weighted by atomic mass is 35.5. The molecule has 2 atom stereocenters. The molecule has 4 rings (SSSR count). The van der Waals surface area contributed by atoms with E-state index in [2.05, 4.69) is 41.9 Å². The molecule has 0 bridgehead atoms. The molecule has 37 heavy (non-hydrogen) atoms. The Morgan fingerprint density at radius 2 is 1.68 bits per heavy atom. The molecule has 10 heteroatoms. The van der Waals surface area contributed by atoms with Crippen molar-refractivity contribution in [3.63, 3.8) is 0 Å². The maximum absolute atomic E-state index is 13.6. The zero-order valence-corrected chi connectivity index (χ0v) is 21.6. The van der Waals surface area contributed by atoms with E-state index in [0.29, 0.717) is 11.8 Å². The second-order valence-corrected chi connectivity index (χ2v) is 10.8. The third kappa shape index (κ3) is 8.30. The number of halogens is 5. The third-order valence-corrected chi connectivity index (χ3v) is 6.32. The lowest BCUT2D eigenvalue weighted by Gasteiger charge is -2.41. The molecular formula is C27H30ClF4N3O2. The maximum atomic E-state index is 13.6. The number of carboxylic acids is 1. The summed E-state index contributed by atoms with van der Waals surface area (Å²) in [4.78, 5) is 11.4. The summed E-state index contributed by atoms with van der Waals surface area (Å²) in [5.74, 6) is -2.34. The summed E-state index contributed by atoms with van der Waals surface area (Å²) in [5.41, 5.74) is 4.55. The number of aromatic amines is 1. The van der Waals surface area contributed by atoms with Crippen LogP contribution in [-0.2, 0) is 4.79 Å². The van der Waals surface area contributed by atoms with E-state index in [1.54, 1.807) is 12.1 Å². The fourth-order valence-electron chi connectivity index (χ4n) is 4.55. The Hall–Kier alpha value is -2.91. The lowest BCUT2D eigenvalue weighted by molar-refractivity contribution is -0.192. The van der Waals surface area contributed by atoms with Crippen molar-refractivity contribution in [1.82, 2.24) is 15.1 Å². The minimum absolute atomic E-state index is 0.191. The van der Waals surface area contributed by atoms with Crippen molar-refractivity contribution in [3.8, 4) is 11.3 Å². The first-order chi connectivity index (χ1) is 17.2. The van der Waals surface area contributed by atoms with Crippen molar-refractivity contribution in [1.29, 1.82) is 0 Å². The molecular weight excluding hydrogens is 510 g/mol. The number of hydrogen-bond donors (Lipinski definition) is 2. The SMILES string of the molecule is CC(C)(C)CN1CC[C@@H](c2cc(-c3ccc(Cl)cc3)n[nH]2)[C@H](c2ccc(F)cc2)C1.O=C(O)C(F)(F)F. The van der Waals surface area contributed by atoms with Crippen LogP contribution in [0.5, 0.6) is 0 Å². The number of nitrogens with zero attached hydrogens (tertiary/aromatic N) is 2. The van der Waals surface area contributed by atoms with E-state index in [-0.39, 0.29) is 11.2 Å². The number of piperidine rings is 1. The van der Waals surface area contributed by atoms with Gasteiger partial charge in [0.05, 0.1) is 5.69 Å². The molecule has 1 fully saturated rings. The Kier molecular flexibility index (Phi) is 9.02. The molecule has 1 aliphatic heterocycles. The quantitative estimate of drug-likeness (QED) is 0.346. The maximum Gasteiger partial charge on any atom is 0.490 e. The normalized spacial score (nSPS) is 18.7. The van der Waals surface area contributed by atoms with Gasteiger partial charge in [-0.2, -0.15) is 18.3 Å². The van der Waals surface area contributed by atoms with Crippen molar-refractivity contribution in [3.05, 3.63) is 76.7 Å². The van der Waals surface area contributed by atoms with Gasteiger partial charge in [-0.1, -0.05) is 56.6 Å². The van der Waals surface area contributed by atoms with Crippen LogP contribution in [-0.4, -0.2) is 52.0 Å². The van der Waals surface area contributed by atoms with Crippen molar-refractivity contribution in [2.24, 2.45) is 5.41 Å². The Labute approximate surface area is 218 Å². The second kappa shape index (κ2) is 11.6. The molecule has 1 saturated heterocycles. The molecule has 1 aromatic heterocycles. The number of carboxylic acid groups (broad SMARTS) is 1. The Balaban J connectivity index is 0.000000479. The summed E-state index contributed by atoms with van der Waals surface area (Å²) in [5, 5.41) is 15.7. The van der Waals surface area contributed by atoms with Gasteiger partial charge in [0.1, 0.15) is 5.82 Å². The van der Waals surface area contributed by atoms with Crippen LogP contribution in [0.2, 0.25) is 5.02 Å². The largest absolute Gasteiger partial charge is 0.490 e. The smallest absolute Gasteiger partial charge is 0.475 e. The fraction of sp³-hybridized carbons (Fsp3) is 0.407. The predicted octanol–water partition coefficient (Wildman–Crippen LogP) is 7.12. The van der Waals surface area contributed by atoms with E-state index in [4.69, 9.17) is 21.5 Å².